The Hall–Kier alpha value is -2.50. The lowest BCUT2D eigenvalue weighted by Gasteiger charge is -2.04. The minimum Gasteiger partial charge on any atom is -0.466 e. The lowest BCUT2D eigenvalue weighted by atomic mass is 10.0. The molecule has 0 saturated carbocycles. The van der Waals surface area contributed by atoms with E-state index in [1.54, 1.807) is 39.8 Å². The van der Waals surface area contributed by atoms with Crippen LogP contribution in [0.2, 0.25) is 0 Å². The van der Waals surface area contributed by atoms with Crippen molar-refractivity contribution in [2.75, 3.05) is 13.2 Å². The molecule has 0 atom stereocenters. The van der Waals surface area contributed by atoms with E-state index in [1.165, 1.54) is 0 Å². The molecule has 0 N–H and O–H groups in total. The SMILES string of the molecule is CCOC(=O)CC(=O)C(C)C.CCOC(=O)CC(=O)c1ccccc1C. The summed E-state index contributed by atoms with van der Waals surface area (Å²) in [6.45, 7) is 9.46. The molecule has 1 aromatic carbocycles. The van der Waals surface area contributed by atoms with Crippen LogP contribution in [-0.4, -0.2) is 36.7 Å². The van der Waals surface area contributed by atoms with Crippen molar-refractivity contribution in [3.63, 3.8) is 0 Å². The van der Waals surface area contributed by atoms with Crippen molar-refractivity contribution in [3.8, 4) is 0 Å². The van der Waals surface area contributed by atoms with Crippen molar-refractivity contribution in [1.29, 1.82) is 0 Å². The summed E-state index contributed by atoms with van der Waals surface area (Å²) >= 11 is 0. The van der Waals surface area contributed by atoms with Gasteiger partial charge in [0, 0.05) is 11.5 Å². The summed E-state index contributed by atoms with van der Waals surface area (Å²) < 4.78 is 9.32. The number of carbonyl (C=O) groups is 4. The van der Waals surface area contributed by atoms with Gasteiger partial charge in [-0.3, -0.25) is 19.2 Å². The number of hydrogen-bond acceptors (Lipinski definition) is 6. The van der Waals surface area contributed by atoms with Gasteiger partial charge in [-0.25, -0.2) is 0 Å². The molecule has 6 nitrogen and oxygen atoms in total. The van der Waals surface area contributed by atoms with Gasteiger partial charge in [-0.2, -0.15) is 0 Å². The van der Waals surface area contributed by atoms with Crippen molar-refractivity contribution in [3.05, 3.63) is 35.4 Å². The first-order valence-electron chi connectivity index (χ1n) is 8.65. The molecule has 0 aromatic heterocycles. The molecule has 0 aliphatic rings. The number of benzene rings is 1. The summed E-state index contributed by atoms with van der Waals surface area (Å²) in [7, 11) is 0. The highest BCUT2D eigenvalue weighted by Crippen LogP contribution is 2.10. The number of ether oxygens (including phenoxy) is 2. The second-order valence-corrected chi connectivity index (χ2v) is 5.82. The van der Waals surface area contributed by atoms with Gasteiger partial charge in [0.05, 0.1) is 13.2 Å². The lowest BCUT2D eigenvalue weighted by Crippen LogP contribution is -2.15. The fourth-order valence-electron chi connectivity index (χ4n) is 1.88. The van der Waals surface area contributed by atoms with Gasteiger partial charge in [-0.15, -0.1) is 0 Å². The maximum absolute atomic E-state index is 11.6. The fraction of sp³-hybridized carbons (Fsp3) is 0.500. The minimum atomic E-state index is -0.467. The number of aryl methyl sites for hydroxylation is 1. The zero-order valence-corrected chi connectivity index (χ0v) is 16.2. The van der Waals surface area contributed by atoms with Gasteiger partial charge in [0.15, 0.2) is 5.78 Å². The highest BCUT2D eigenvalue weighted by molar-refractivity contribution is 6.06. The van der Waals surface area contributed by atoms with Crippen molar-refractivity contribution in [2.24, 2.45) is 5.92 Å². The van der Waals surface area contributed by atoms with Gasteiger partial charge in [-0.05, 0) is 26.3 Å². The third-order valence-electron chi connectivity index (χ3n) is 3.32. The quantitative estimate of drug-likeness (QED) is 0.400. The Morgan fingerprint density at radius 2 is 1.38 bits per heavy atom. The van der Waals surface area contributed by atoms with Crippen molar-refractivity contribution < 1.29 is 28.7 Å². The van der Waals surface area contributed by atoms with Gasteiger partial charge < -0.3 is 9.47 Å². The van der Waals surface area contributed by atoms with Gasteiger partial charge in [0.2, 0.25) is 0 Å². The van der Waals surface area contributed by atoms with Gasteiger partial charge in [0.1, 0.15) is 18.6 Å². The molecule has 0 bridgehead atoms. The van der Waals surface area contributed by atoms with E-state index in [4.69, 9.17) is 4.74 Å². The average Bonchev–Trinajstić information content (AvgIpc) is 2.56. The van der Waals surface area contributed by atoms with Crippen LogP contribution < -0.4 is 0 Å². The molecule has 0 spiro atoms. The Labute approximate surface area is 154 Å². The summed E-state index contributed by atoms with van der Waals surface area (Å²) in [6.07, 6.45) is -0.274. The van der Waals surface area contributed by atoms with Crippen LogP contribution in [0.3, 0.4) is 0 Å². The molecule has 0 unspecified atom stereocenters. The number of ketones is 2. The molecule has 0 aliphatic carbocycles. The second-order valence-electron chi connectivity index (χ2n) is 5.82. The molecule has 0 aliphatic heterocycles. The molecule has 0 amide bonds. The summed E-state index contributed by atoms with van der Waals surface area (Å²) in [5, 5.41) is 0. The van der Waals surface area contributed by atoms with Gasteiger partial charge >= 0.3 is 11.9 Å². The van der Waals surface area contributed by atoms with E-state index in [9.17, 15) is 19.2 Å². The van der Waals surface area contributed by atoms with E-state index in [-0.39, 0.29) is 30.3 Å². The molecule has 26 heavy (non-hydrogen) atoms. The number of rotatable bonds is 8. The molecular formula is C20H28O6. The van der Waals surface area contributed by atoms with E-state index in [1.807, 2.05) is 19.1 Å². The maximum atomic E-state index is 11.6. The standard InChI is InChI=1S/C12H14O3.C8H14O3/c1-3-15-12(14)8-11(13)10-7-5-4-6-9(10)2;1-4-11-8(10)5-7(9)6(2)3/h4-7H,3,8H2,1-2H3;6H,4-5H2,1-3H3. The molecule has 0 saturated heterocycles. The Bertz CT molecular complexity index is 618. The van der Waals surface area contributed by atoms with Gasteiger partial charge in [0.25, 0.3) is 0 Å². The topological polar surface area (TPSA) is 86.7 Å². The Morgan fingerprint density at radius 1 is 0.885 bits per heavy atom. The Kier molecular flexibility index (Phi) is 11.6. The van der Waals surface area contributed by atoms with E-state index < -0.39 is 11.9 Å². The molecule has 1 rings (SSSR count). The first-order chi connectivity index (χ1) is 12.2. The van der Waals surface area contributed by atoms with Crippen molar-refractivity contribution in [1.82, 2.24) is 0 Å². The first-order valence-corrected chi connectivity index (χ1v) is 8.65. The second kappa shape index (κ2) is 12.8. The zero-order valence-electron chi connectivity index (χ0n) is 16.2. The summed E-state index contributed by atoms with van der Waals surface area (Å²) in [5.41, 5.74) is 1.47. The van der Waals surface area contributed by atoms with E-state index in [2.05, 4.69) is 4.74 Å². The molecule has 0 radical (unpaired) electrons. The Morgan fingerprint density at radius 3 is 1.85 bits per heavy atom. The highest BCUT2D eigenvalue weighted by Gasteiger charge is 2.14. The first kappa shape index (κ1) is 23.5. The van der Waals surface area contributed by atoms with Crippen LogP contribution in [0.4, 0.5) is 0 Å². The van der Waals surface area contributed by atoms with E-state index in [0.717, 1.165) is 5.56 Å². The molecule has 144 valence electrons. The summed E-state index contributed by atoms with van der Waals surface area (Å²) in [5.74, 6) is -1.23. The van der Waals surface area contributed by atoms with E-state index >= 15 is 0 Å². The summed E-state index contributed by atoms with van der Waals surface area (Å²) in [4.78, 5) is 44.4. The molecule has 1 aromatic rings. The fourth-order valence-corrected chi connectivity index (χ4v) is 1.88. The third-order valence-corrected chi connectivity index (χ3v) is 3.32. The van der Waals surface area contributed by atoms with Crippen LogP contribution >= 0.6 is 0 Å². The van der Waals surface area contributed by atoms with Crippen molar-refractivity contribution in [2.45, 2.75) is 47.5 Å². The van der Waals surface area contributed by atoms with Crippen LogP contribution in [0.5, 0.6) is 0 Å². The number of hydrogen-bond donors (Lipinski definition) is 0. The van der Waals surface area contributed by atoms with Crippen LogP contribution in [0.25, 0.3) is 0 Å². The predicted octanol–water partition coefficient (Wildman–Crippen LogP) is 3.30. The van der Waals surface area contributed by atoms with Crippen LogP contribution in [-0.2, 0) is 23.9 Å². The largest absolute Gasteiger partial charge is 0.466 e. The maximum Gasteiger partial charge on any atom is 0.313 e. The minimum absolute atomic E-state index is 0.0662. The van der Waals surface area contributed by atoms with Crippen LogP contribution in [0.15, 0.2) is 24.3 Å². The van der Waals surface area contributed by atoms with Crippen LogP contribution in [0, 0.1) is 12.8 Å². The normalized spacial score (nSPS) is 9.77. The highest BCUT2D eigenvalue weighted by atomic mass is 16.5. The van der Waals surface area contributed by atoms with Gasteiger partial charge in [-0.1, -0.05) is 38.1 Å². The predicted molar refractivity (Wildman–Crippen MR) is 97.9 cm³/mol. The van der Waals surface area contributed by atoms with Crippen molar-refractivity contribution >= 4 is 23.5 Å². The molecular weight excluding hydrogens is 336 g/mol. The smallest absolute Gasteiger partial charge is 0.313 e. The monoisotopic (exact) mass is 364 g/mol. The van der Waals surface area contributed by atoms with Crippen LogP contribution in [0.1, 0.15) is 56.5 Å². The summed E-state index contributed by atoms with van der Waals surface area (Å²) in [6, 6.07) is 7.21. The average molecular weight is 364 g/mol. The molecule has 0 heterocycles. The number of Topliss-reactive ketones (excluding diaryl/α,β-unsaturated/α-hetero) is 2. The van der Waals surface area contributed by atoms with E-state index in [0.29, 0.717) is 18.8 Å². The lowest BCUT2D eigenvalue weighted by molar-refractivity contribution is -0.146. The zero-order chi connectivity index (χ0) is 20.1. The Balaban J connectivity index is 0.000000508. The molecule has 6 heteroatoms. The number of esters is 2. The molecule has 0 fully saturated rings. The third kappa shape index (κ3) is 9.71. The number of carbonyl (C=O) groups excluding carboxylic acids is 4.